The summed E-state index contributed by atoms with van der Waals surface area (Å²) in [5.41, 5.74) is -0.203. The Morgan fingerprint density at radius 1 is 1.09 bits per heavy atom. The molecular formula is C34H41NO12. The minimum absolute atomic E-state index is 0.136. The van der Waals surface area contributed by atoms with Gasteiger partial charge in [0.25, 0.3) is 5.91 Å². The number of ketones is 1. The van der Waals surface area contributed by atoms with E-state index in [0.717, 1.165) is 6.08 Å². The van der Waals surface area contributed by atoms with E-state index in [1.54, 1.807) is 30.3 Å². The topological polar surface area (TPSA) is 175 Å². The van der Waals surface area contributed by atoms with Crippen LogP contribution in [-0.4, -0.2) is 84.7 Å². The molecule has 1 saturated heterocycles. The normalized spacial score (nSPS) is 15.1. The Morgan fingerprint density at radius 3 is 2.49 bits per heavy atom. The quantitative estimate of drug-likeness (QED) is 0.152. The smallest absolute Gasteiger partial charge is 0.341 e. The van der Waals surface area contributed by atoms with E-state index in [1.165, 1.54) is 39.0 Å². The van der Waals surface area contributed by atoms with Crippen LogP contribution in [0.2, 0.25) is 0 Å². The maximum absolute atomic E-state index is 13.8. The Balaban J connectivity index is 1.87. The molecule has 47 heavy (non-hydrogen) atoms. The Kier molecular flexibility index (Phi) is 12.8. The molecule has 0 aliphatic carbocycles. The Bertz CT molecular complexity index is 1480. The average molecular weight is 656 g/mol. The van der Waals surface area contributed by atoms with E-state index in [0.29, 0.717) is 36.1 Å². The molecule has 2 N–H and O–H groups in total. The number of Topliss-reactive ketones (excluding diaryl/α,β-unsaturated/α-hetero) is 1. The van der Waals surface area contributed by atoms with Crippen LogP contribution in [0.15, 0.2) is 49.1 Å². The molecule has 1 aliphatic heterocycles. The van der Waals surface area contributed by atoms with Gasteiger partial charge in [-0.15, -0.1) is 0 Å². The highest BCUT2D eigenvalue weighted by atomic mass is 16.5. The SMILES string of the molecule is C=CC(=O)OCC(C)(C)C(=O)C(=O)N1CCCCC1C(=O)O[C@H](CCc1cc(O)c(OC)c(OC)c1)c1cccc(OCC(=O)O)c1. The van der Waals surface area contributed by atoms with Gasteiger partial charge in [-0.2, -0.15) is 0 Å². The summed E-state index contributed by atoms with van der Waals surface area (Å²) < 4.78 is 26.9. The number of rotatable bonds is 16. The van der Waals surface area contributed by atoms with Gasteiger partial charge < -0.3 is 38.8 Å². The van der Waals surface area contributed by atoms with Crippen molar-refractivity contribution in [2.45, 2.75) is 58.1 Å². The summed E-state index contributed by atoms with van der Waals surface area (Å²) in [4.78, 5) is 64.3. The van der Waals surface area contributed by atoms with Crippen LogP contribution in [0.3, 0.4) is 0 Å². The molecule has 0 aromatic heterocycles. The molecule has 13 nitrogen and oxygen atoms in total. The predicted molar refractivity (Wildman–Crippen MR) is 167 cm³/mol. The lowest BCUT2D eigenvalue weighted by atomic mass is 9.87. The van der Waals surface area contributed by atoms with Crippen molar-refractivity contribution in [2.75, 3.05) is 34.0 Å². The third kappa shape index (κ3) is 9.71. The first-order valence-electron chi connectivity index (χ1n) is 15.0. The fraction of sp³-hybridized carbons (Fsp3) is 0.441. The number of carboxylic acid groups (broad SMARTS) is 1. The maximum atomic E-state index is 13.8. The fourth-order valence-electron chi connectivity index (χ4n) is 5.12. The van der Waals surface area contributed by atoms with Crippen LogP contribution in [-0.2, 0) is 39.9 Å². The third-order valence-electron chi connectivity index (χ3n) is 7.65. The van der Waals surface area contributed by atoms with Crippen molar-refractivity contribution in [1.82, 2.24) is 4.90 Å². The number of benzene rings is 2. The van der Waals surface area contributed by atoms with Gasteiger partial charge in [-0.05, 0) is 81.3 Å². The van der Waals surface area contributed by atoms with Gasteiger partial charge in [-0.3, -0.25) is 9.59 Å². The van der Waals surface area contributed by atoms with Crippen LogP contribution in [0.25, 0.3) is 0 Å². The molecule has 1 amide bonds. The number of phenolic OH excluding ortho intramolecular Hbond substituents is 1. The van der Waals surface area contributed by atoms with Gasteiger partial charge in [0, 0.05) is 12.6 Å². The molecule has 0 saturated carbocycles. The first-order valence-corrected chi connectivity index (χ1v) is 15.0. The molecule has 1 fully saturated rings. The third-order valence-corrected chi connectivity index (χ3v) is 7.65. The Hall–Kier alpha value is -5.07. The molecule has 2 aromatic carbocycles. The first-order chi connectivity index (χ1) is 22.3. The summed E-state index contributed by atoms with van der Waals surface area (Å²) in [5, 5.41) is 19.5. The number of piperidine rings is 1. The summed E-state index contributed by atoms with van der Waals surface area (Å²) >= 11 is 0. The second-order valence-electron chi connectivity index (χ2n) is 11.6. The van der Waals surface area contributed by atoms with Crippen LogP contribution in [0.4, 0.5) is 0 Å². The van der Waals surface area contributed by atoms with E-state index >= 15 is 0 Å². The minimum atomic E-state index is -1.36. The number of amides is 1. The van der Waals surface area contributed by atoms with E-state index in [4.69, 9.17) is 28.8 Å². The zero-order valence-electron chi connectivity index (χ0n) is 27.0. The average Bonchev–Trinajstić information content (AvgIpc) is 3.07. The summed E-state index contributed by atoms with van der Waals surface area (Å²) in [6, 6.07) is 8.60. The van der Waals surface area contributed by atoms with Gasteiger partial charge in [0.1, 0.15) is 24.5 Å². The van der Waals surface area contributed by atoms with Crippen molar-refractivity contribution in [3.63, 3.8) is 0 Å². The number of carboxylic acids is 1. The van der Waals surface area contributed by atoms with E-state index in [2.05, 4.69) is 6.58 Å². The number of aryl methyl sites for hydroxylation is 1. The molecular weight excluding hydrogens is 614 g/mol. The second-order valence-corrected chi connectivity index (χ2v) is 11.6. The van der Waals surface area contributed by atoms with Gasteiger partial charge in [-0.1, -0.05) is 18.7 Å². The number of aliphatic carboxylic acids is 1. The number of aromatic hydroxyl groups is 1. The summed E-state index contributed by atoms with van der Waals surface area (Å²) in [6.07, 6.45) is 2.03. The number of hydrogen-bond acceptors (Lipinski definition) is 11. The molecule has 2 aromatic rings. The van der Waals surface area contributed by atoms with Gasteiger partial charge in [0.2, 0.25) is 11.5 Å². The van der Waals surface area contributed by atoms with Crippen LogP contribution in [0, 0.1) is 5.41 Å². The molecule has 0 radical (unpaired) electrons. The van der Waals surface area contributed by atoms with E-state index in [9.17, 15) is 29.1 Å². The number of esters is 2. The van der Waals surface area contributed by atoms with Crippen molar-refractivity contribution in [3.8, 4) is 23.0 Å². The number of carbonyl (C=O) groups excluding carboxylic acids is 4. The molecule has 1 unspecified atom stereocenters. The minimum Gasteiger partial charge on any atom is -0.504 e. The lowest BCUT2D eigenvalue weighted by molar-refractivity contribution is -0.165. The summed E-state index contributed by atoms with van der Waals surface area (Å²) in [5.74, 6) is -3.73. The largest absolute Gasteiger partial charge is 0.504 e. The summed E-state index contributed by atoms with van der Waals surface area (Å²) in [6.45, 7) is 5.50. The van der Waals surface area contributed by atoms with Gasteiger partial charge in [0.15, 0.2) is 18.1 Å². The molecule has 254 valence electrons. The van der Waals surface area contributed by atoms with Crippen LogP contribution >= 0.6 is 0 Å². The number of methoxy groups -OCH3 is 2. The second kappa shape index (κ2) is 16.5. The van der Waals surface area contributed by atoms with Crippen molar-refractivity contribution in [2.24, 2.45) is 5.41 Å². The number of hydrogen-bond donors (Lipinski definition) is 2. The van der Waals surface area contributed by atoms with E-state index in [-0.39, 0.29) is 43.2 Å². The van der Waals surface area contributed by atoms with E-state index < -0.39 is 53.8 Å². The number of phenols is 1. The molecule has 2 atom stereocenters. The molecule has 1 aliphatic rings. The van der Waals surface area contributed by atoms with Crippen LogP contribution in [0.1, 0.15) is 56.8 Å². The zero-order valence-corrected chi connectivity index (χ0v) is 27.0. The summed E-state index contributed by atoms with van der Waals surface area (Å²) in [7, 11) is 2.84. The van der Waals surface area contributed by atoms with Crippen LogP contribution < -0.4 is 14.2 Å². The fourth-order valence-corrected chi connectivity index (χ4v) is 5.12. The van der Waals surface area contributed by atoms with Gasteiger partial charge in [0.05, 0.1) is 19.6 Å². The lowest BCUT2D eigenvalue weighted by Crippen LogP contribution is -2.53. The molecule has 0 bridgehead atoms. The molecule has 0 spiro atoms. The van der Waals surface area contributed by atoms with Crippen molar-refractivity contribution >= 4 is 29.6 Å². The van der Waals surface area contributed by atoms with Crippen LogP contribution in [0.5, 0.6) is 23.0 Å². The highest BCUT2D eigenvalue weighted by Gasteiger charge is 2.42. The van der Waals surface area contributed by atoms with Gasteiger partial charge in [-0.25, -0.2) is 14.4 Å². The number of carbonyl (C=O) groups is 5. The standard InChI is InChI=1S/C34H41NO12/c1-6-29(39)46-20-34(2,3)31(40)32(41)35-15-8-7-12-24(35)33(42)47-26(22-10-9-11-23(18-22)45-19-28(37)38)14-13-21-16-25(36)30(44-5)27(17-21)43-4/h6,9-11,16-18,24,26,36H,1,7-8,12-15,19-20H2,2-5H3,(H,37,38)/t24?,26-/m1/s1. The van der Waals surface area contributed by atoms with Gasteiger partial charge >= 0.3 is 17.9 Å². The van der Waals surface area contributed by atoms with Crippen molar-refractivity contribution < 1.29 is 57.9 Å². The zero-order chi connectivity index (χ0) is 34.7. The molecule has 13 heteroatoms. The highest BCUT2D eigenvalue weighted by Crippen LogP contribution is 2.38. The monoisotopic (exact) mass is 655 g/mol. The van der Waals surface area contributed by atoms with E-state index in [1.807, 2.05) is 0 Å². The number of ether oxygens (including phenoxy) is 5. The van der Waals surface area contributed by atoms with Crippen molar-refractivity contribution in [1.29, 1.82) is 0 Å². The molecule has 3 rings (SSSR count). The predicted octanol–water partition coefficient (Wildman–Crippen LogP) is 3.80. The highest BCUT2D eigenvalue weighted by molar-refractivity contribution is 6.38. The number of likely N-dealkylation sites (tertiary alicyclic amines) is 1. The maximum Gasteiger partial charge on any atom is 0.341 e. The van der Waals surface area contributed by atoms with Crippen molar-refractivity contribution in [3.05, 3.63) is 60.2 Å². The lowest BCUT2D eigenvalue weighted by Gasteiger charge is -2.36. The first kappa shape index (κ1) is 36.4. The molecule has 1 heterocycles. The number of nitrogens with zero attached hydrogens (tertiary/aromatic N) is 1. The Labute approximate surface area is 273 Å². The Morgan fingerprint density at radius 2 is 1.83 bits per heavy atom.